The van der Waals surface area contributed by atoms with Crippen molar-refractivity contribution in [3.05, 3.63) is 65.7 Å². The van der Waals surface area contributed by atoms with E-state index in [4.69, 9.17) is 9.47 Å². The van der Waals surface area contributed by atoms with Crippen LogP contribution >= 0.6 is 0 Å². The molecule has 7 nitrogen and oxygen atoms in total. The van der Waals surface area contributed by atoms with Crippen molar-refractivity contribution in [2.24, 2.45) is 0 Å². The minimum Gasteiger partial charge on any atom is -0.489 e. The average molecular weight is 424 g/mol. The van der Waals surface area contributed by atoms with Gasteiger partial charge in [0, 0.05) is 11.6 Å². The summed E-state index contributed by atoms with van der Waals surface area (Å²) in [5, 5.41) is 5.06. The third kappa shape index (κ3) is 6.84. The molecule has 1 saturated carbocycles. The molecule has 0 heterocycles. The van der Waals surface area contributed by atoms with Crippen LogP contribution in [0.5, 0.6) is 5.75 Å². The van der Waals surface area contributed by atoms with E-state index in [0.717, 1.165) is 25.7 Å². The standard InChI is InChI=1S/C24H28N2O5/c1-17(22(27)26-24(29)25-19-11-4-2-5-12-19)31-23(28)21-15-9-8-10-18(21)16-30-20-13-6-3-7-14-20/h3,6-10,13-15,17,19H,2,4-5,11-12,16H2,1H3,(H2,25,26,27,29)/t17-/m0/s1. The third-order valence-corrected chi connectivity index (χ3v) is 5.20. The molecule has 1 aliphatic rings. The molecule has 0 aromatic heterocycles. The van der Waals surface area contributed by atoms with Crippen molar-refractivity contribution in [1.82, 2.24) is 10.6 Å². The number of imide groups is 1. The molecule has 0 bridgehead atoms. The Morgan fingerprint density at radius 1 is 0.968 bits per heavy atom. The Kier molecular flexibility index (Phi) is 8.04. The highest BCUT2D eigenvalue weighted by Crippen LogP contribution is 2.18. The summed E-state index contributed by atoms with van der Waals surface area (Å²) in [6, 6.07) is 15.7. The molecular weight excluding hydrogens is 396 g/mol. The van der Waals surface area contributed by atoms with Gasteiger partial charge in [0.2, 0.25) is 0 Å². The van der Waals surface area contributed by atoms with Crippen molar-refractivity contribution in [2.75, 3.05) is 0 Å². The number of rotatable bonds is 7. The Bertz CT molecular complexity index is 894. The highest BCUT2D eigenvalue weighted by molar-refractivity contribution is 5.98. The van der Waals surface area contributed by atoms with Crippen molar-refractivity contribution in [3.8, 4) is 5.75 Å². The van der Waals surface area contributed by atoms with Crippen LogP contribution < -0.4 is 15.4 Å². The van der Waals surface area contributed by atoms with Crippen LogP contribution in [0.3, 0.4) is 0 Å². The number of carbonyl (C=O) groups excluding carboxylic acids is 3. The lowest BCUT2D eigenvalue weighted by Crippen LogP contribution is -2.48. The second-order valence-electron chi connectivity index (χ2n) is 7.60. The van der Waals surface area contributed by atoms with Gasteiger partial charge in [-0.2, -0.15) is 0 Å². The number of carbonyl (C=O) groups is 3. The van der Waals surface area contributed by atoms with Gasteiger partial charge in [-0.25, -0.2) is 9.59 Å². The lowest BCUT2D eigenvalue weighted by molar-refractivity contribution is -0.127. The quantitative estimate of drug-likeness (QED) is 0.656. The van der Waals surface area contributed by atoms with E-state index in [1.165, 1.54) is 13.3 Å². The summed E-state index contributed by atoms with van der Waals surface area (Å²) < 4.78 is 11.0. The molecule has 31 heavy (non-hydrogen) atoms. The average Bonchev–Trinajstić information content (AvgIpc) is 2.79. The van der Waals surface area contributed by atoms with Gasteiger partial charge in [-0.3, -0.25) is 10.1 Å². The van der Waals surface area contributed by atoms with Crippen LogP contribution in [-0.2, 0) is 16.1 Å². The smallest absolute Gasteiger partial charge is 0.339 e. The van der Waals surface area contributed by atoms with Crippen LogP contribution in [0.15, 0.2) is 54.6 Å². The first kappa shape index (κ1) is 22.3. The predicted molar refractivity (Wildman–Crippen MR) is 116 cm³/mol. The number of hydrogen-bond acceptors (Lipinski definition) is 5. The number of esters is 1. The number of ether oxygens (including phenoxy) is 2. The highest BCUT2D eigenvalue weighted by atomic mass is 16.5. The van der Waals surface area contributed by atoms with Gasteiger partial charge in [0.1, 0.15) is 12.4 Å². The van der Waals surface area contributed by atoms with Crippen molar-refractivity contribution >= 4 is 17.9 Å². The van der Waals surface area contributed by atoms with E-state index in [0.29, 0.717) is 16.9 Å². The van der Waals surface area contributed by atoms with Gasteiger partial charge in [-0.15, -0.1) is 0 Å². The van der Waals surface area contributed by atoms with Gasteiger partial charge in [0.25, 0.3) is 5.91 Å². The van der Waals surface area contributed by atoms with Crippen molar-refractivity contribution in [2.45, 2.75) is 57.8 Å². The van der Waals surface area contributed by atoms with Gasteiger partial charge in [0.15, 0.2) is 6.10 Å². The topological polar surface area (TPSA) is 93.7 Å². The number of urea groups is 1. The van der Waals surface area contributed by atoms with Gasteiger partial charge < -0.3 is 14.8 Å². The summed E-state index contributed by atoms with van der Waals surface area (Å²) in [7, 11) is 0. The van der Waals surface area contributed by atoms with E-state index in [9.17, 15) is 14.4 Å². The molecule has 0 aliphatic heterocycles. The Morgan fingerprint density at radius 2 is 1.65 bits per heavy atom. The summed E-state index contributed by atoms with van der Waals surface area (Å²) in [4.78, 5) is 37.0. The zero-order valence-corrected chi connectivity index (χ0v) is 17.6. The maximum atomic E-state index is 12.6. The summed E-state index contributed by atoms with van der Waals surface area (Å²) in [6.45, 7) is 1.61. The molecule has 7 heteroatoms. The Labute approximate surface area is 182 Å². The second-order valence-corrected chi connectivity index (χ2v) is 7.60. The normalized spacial score (nSPS) is 14.9. The Hall–Kier alpha value is -3.35. The van der Waals surface area contributed by atoms with E-state index < -0.39 is 24.0 Å². The molecule has 3 rings (SSSR count). The summed E-state index contributed by atoms with van der Waals surface area (Å²) >= 11 is 0. The minimum absolute atomic E-state index is 0.0795. The molecule has 0 spiro atoms. The first-order valence-corrected chi connectivity index (χ1v) is 10.6. The lowest BCUT2D eigenvalue weighted by atomic mass is 9.96. The third-order valence-electron chi connectivity index (χ3n) is 5.20. The molecule has 164 valence electrons. The molecule has 1 aliphatic carbocycles. The molecule has 2 aromatic carbocycles. The largest absolute Gasteiger partial charge is 0.489 e. The number of nitrogens with one attached hydrogen (secondary N) is 2. The molecular formula is C24H28N2O5. The van der Waals surface area contributed by atoms with Crippen molar-refractivity contribution < 1.29 is 23.9 Å². The van der Waals surface area contributed by atoms with Crippen LogP contribution in [0.2, 0.25) is 0 Å². The van der Waals surface area contributed by atoms with Gasteiger partial charge >= 0.3 is 12.0 Å². The van der Waals surface area contributed by atoms with E-state index in [1.54, 1.807) is 24.3 Å². The van der Waals surface area contributed by atoms with E-state index in [2.05, 4.69) is 10.6 Å². The molecule has 0 unspecified atom stereocenters. The maximum absolute atomic E-state index is 12.6. The molecule has 1 fully saturated rings. The fraction of sp³-hybridized carbons (Fsp3) is 0.375. The number of benzene rings is 2. The first-order valence-electron chi connectivity index (χ1n) is 10.6. The van der Waals surface area contributed by atoms with Gasteiger partial charge in [0.05, 0.1) is 5.56 Å². The fourth-order valence-electron chi connectivity index (χ4n) is 3.48. The summed E-state index contributed by atoms with van der Waals surface area (Å²) in [5.74, 6) is -0.635. The van der Waals surface area contributed by atoms with Crippen LogP contribution in [-0.4, -0.2) is 30.1 Å². The van der Waals surface area contributed by atoms with Crippen molar-refractivity contribution in [3.63, 3.8) is 0 Å². The number of amides is 3. The molecule has 2 aromatic rings. The van der Waals surface area contributed by atoms with E-state index in [1.807, 2.05) is 30.3 Å². The Morgan fingerprint density at radius 3 is 2.39 bits per heavy atom. The van der Waals surface area contributed by atoms with Gasteiger partial charge in [-0.1, -0.05) is 55.7 Å². The fourth-order valence-corrected chi connectivity index (χ4v) is 3.48. The highest BCUT2D eigenvalue weighted by Gasteiger charge is 2.23. The number of hydrogen-bond donors (Lipinski definition) is 2. The zero-order chi connectivity index (χ0) is 22.1. The monoisotopic (exact) mass is 424 g/mol. The Balaban J connectivity index is 1.52. The minimum atomic E-state index is -1.12. The van der Waals surface area contributed by atoms with E-state index >= 15 is 0 Å². The first-order chi connectivity index (χ1) is 15.0. The SMILES string of the molecule is C[C@H](OC(=O)c1ccccc1COc1ccccc1)C(=O)NC(=O)NC1CCCCC1. The van der Waals surface area contributed by atoms with Crippen LogP contribution in [0.1, 0.15) is 54.9 Å². The van der Waals surface area contributed by atoms with Gasteiger partial charge in [-0.05, 0) is 38.0 Å². The second kappa shape index (κ2) is 11.2. The van der Waals surface area contributed by atoms with Crippen LogP contribution in [0.25, 0.3) is 0 Å². The summed E-state index contributed by atoms with van der Waals surface area (Å²) in [5.41, 5.74) is 0.948. The molecule has 0 saturated heterocycles. The van der Waals surface area contributed by atoms with Crippen LogP contribution in [0.4, 0.5) is 4.79 Å². The predicted octanol–water partition coefficient (Wildman–Crippen LogP) is 3.97. The van der Waals surface area contributed by atoms with Crippen molar-refractivity contribution in [1.29, 1.82) is 0 Å². The zero-order valence-electron chi connectivity index (χ0n) is 17.6. The molecule has 3 amide bonds. The lowest BCUT2D eigenvalue weighted by Gasteiger charge is -2.23. The van der Waals surface area contributed by atoms with E-state index in [-0.39, 0.29) is 12.6 Å². The maximum Gasteiger partial charge on any atom is 0.339 e. The van der Waals surface area contributed by atoms with Crippen LogP contribution in [0, 0.1) is 0 Å². The molecule has 2 N–H and O–H groups in total. The molecule has 0 radical (unpaired) electrons. The molecule has 1 atom stereocenters. The summed E-state index contributed by atoms with van der Waals surface area (Å²) in [6.07, 6.45) is 4.01. The number of para-hydroxylation sites is 1.